The number of carbonyl (C=O) groups excluding carboxylic acids is 1. The van der Waals surface area contributed by atoms with E-state index in [-0.39, 0.29) is 9.70 Å². The van der Waals surface area contributed by atoms with Gasteiger partial charge in [-0.05, 0) is 61.6 Å². The smallest absolute Gasteiger partial charge is 0.411 e. The molecule has 0 bridgehead atoms. The second-order valence-electron chi connectivity index (χ2n) is 5.74. The Balaban J connectivity index is 1.87. The van der Waals surface area contributed by atoms with Crippen LogP contribution >= 0.6 is 22.6 Å². The van der Waals surface area contributed by atoms with Crippen molar-refractivity contribution in [1.29, 1.82) is 0 Å². The lowest BCUT2D eigenvalue weighted by Gasteiger charge is -2.37. The molecule has 1 amide bonds. The minimum Gasteiger partial charge on any atom is -0.432 e. The molecule has 0 radical (unpaired) electrons. The van der Waals surface area contributed by atoms with Crippen LogP contribution in [0.25, 0.3) is 0 Å². The summed E-state index contributed by atoms with van der Waals surface area (Å²) in [5.74, 6) is 0.528. The first-order valence-corrected chi connectivity index (χ1v) is 8.34. The predicted octanol–water partition coefficient (Wildman–Crippen LogP) is 4.34. The van der Waals surface area contributed by atoms with Gasteiger partial charge in [-0.3, -0.25) is 0 Å². The first kappa shape index (κ1) is 14.4. The van der Waals surface area contributed by atoms with Crippen molar-refractivity contribution in [3.63, 3.8) is 0 Å². The molecule has 1 saturated heterocycles. The highest BCUT2D eigenvalue weighted by molar-refractivity contribution is 14.1. The highest BCUT2D eigenvalue weighted by atomic mass is 127. The van der Waals surface area contributed by atoms with Crippen LogP contribution in [0.4, 0.5) is 4.79 Å². The van der Waals surface area contributed by atoms with E-state index in [1.165, 1.54) is 38.5 Å². The Morgan fingerprint density at radius 3 is 2.28 bits per heavy atom. The molecular formula is C14H24INO2. The van der Waals surface area contributed by atoms with E-state index in [9.17, 15) is 4.79 Å². The molecule has 18 heavy (non-hydrogen) atoms. The van der Waals surface area contributed by atoms with Gasteiger partial charge in [-0.1, -0.05) is 19.3 Å². The van der Waals surface area contributed by atoms with Gasteiger partial charge >= 0.3 is 6.09 Å². The minimum atomic E-state index is -0.327. The number of alkyl halides is 1. The van der Waals surface area contributed by atoms with Crippen molar-refractivity contribution in [1.82, 2.24) is 4.90 Å². The molecule has 104 valence electrons. The number of amides is 1. The third-order valence-electron chi connectivity index (χ3n) is 4.24. The van der Waals surface area contributed by atoms with Crippen LogP contribution < -0.4 is 0 Å². The first-order valence-electron chi connectivity index (χ1n) is 7.26. The van der Waals surface area contributed by atoms with Crippen molar-refractivity contribution in [2.24, 2.45) is 5.92 Å². The lowest BCUT2D eigenvalue weighted by atomic mass is 9.86. The number of ether oxygens (including phenoxy) is 1. The Bertz CT molecular complexity index is 282. The van der Waals surface area contributed by atoms with Crippen molar-refractivity contribution in [3.8, 4) is 0 Å². The molecule has 1 atom stereocenters. The average molecular weight is 365 g/mol. The van der Waals surface area contributed by atoms with Gasteiger partial charge in [0.2, 0.25) is 0 Å². The van der Waals surface area contributed by atoms with E-state index >= 15 is 0 Å². The zero-order valence-electron chi connectivity index (χ0n) is 11.3. The number of hydrogen-bond donors (Lipinski definition) is 0. The molecule has 4 heteroatoms. The van der Waals surface area contributed by atoms with Crippen molar-refractivity contribution < 1.29 is 9.53 Å². The summed E-state index contributed by atoms with van der Waals surface area (Å²) in [6.07, 6.45) is 9.69. The van der Waals surface area contributed by atoms with E-state index in [2.05, 4.69) is 29.5 Å². The molecule has 0 N–H and O–H groups in total. The Morgan fingerprint density at radius 2 is 1.67 bits per heavy atom. The fourth-order valence-corrected chi connectivity index (χ4v) is 3.82. The van der Waals surface area contributed by atoms with Gasteiger partial charge in [0.1, 0.15) is 0 Å². The monoisotopic (exact) mass is 365 g/mol. The van der Waals surface area contributed by atoms with E-state index in [0.29, 0.717) is 5.92 Å². The molecule has 1 unspecified atom stereocenters. The second-order valence-corrected chi connectivity index (χ2v) is 7.88. The van der Waals surface area contributed by atoms with Crippen LogP contribution in [0.3, 0.4) is 0 Å². The number of rotatable bonds is 2. The van der Waals surface area contributed by atoms with E-state index < -0.39 is 0 Å². The molecule has 3 nitrogen and oxygen atoms in total. The van der Waals surface area contributed by atoms with Gasteiger partial charge in [0.15, 0.2) is 3.61 Å². The largest absolute Gasteiger partial charge is 0.432 e. The van der Waals surface area contributed by atoms with E-state index in [4.69, 9.17) is 4.74 Å². The number of nitrogens with zero attached hydrogens (tertiary/aromatic N) is 1. The maximum atomic E-state index is 12.2. The number of likely N-dealkylation sites (tertiary alicyclic amines) is 1. The molecule has 0 aromatic rings. The van der Waals surface area contributed by atoms with Gasteiger partial charge in [0.25, 0.3) is 0 Å². The van der Waals surface area contributed by atoms with Gasteiger partial charge < -0.3 is 9.64 Å². The fraction of sp³-hybridized carbons (Fsp3) is 0.929. The summed E-state index contributed by atoms with van der Waals surface area (Å²) in [5, 5.41) is 0. The highest BCUT2D eigenvalue weighted by Crippen LogP contribution is 2.39. The van der Waals surface area contributed by atoms with Crippen LogP contribution in [-0.2, 0) is 4.74 Å². The van der Waals surface area contributed by atoms with Crippen molar-refractivity contribution in [2.45, 2.75) is 61.9 Å². The Labute approximate surface area is 124 Å². The van der Waals surface area contributed by atoms with Crippen LogP contribution in [0, 0.1) is 5.92 Å². The Hall–Kier alpha value is 0. The number of piperidine rings is 1. The van der Waals surface area contributed by atoms with Crippen LogP contribution in [0.1, 0.15) is 58.3 Å². The van der Waals surface area contributed by atoms with Gasteiger partial charge in [0, 0.05) is 19.0 Å². The zero-order chi connectivity index (χ0) is 13.0. The van der Waals surface area contributed by atoms with Gasteiger partial charge in [-0.15, -0.1) is 0 Å². The molecule has 1 heterocycles. The standard InChI is InChI=1S/C14H24INO2/c1-14(15,12-8-4-2-5-9-12)18-13(17)16-10-6-3-7-11-16/h12H,2-11H2,1H3. The molecule has 0 spiro atoms. The molecule has 0 aromatic carbocycles. The number of hydrogen-bond acceptors (Lipinski definition) is 2. The predicted molar refractivity (Wildman–Crippen MR) is 80.9 cm³/mol. The van der Waals surface area contributed by atoms with E-state index in [0.717, 1.165) is 25.9 Å². The summed E-state index contributed by atoms with van der Waals surface area (Å²) < 4.78 is 5.46. The topological polar surface area (TPSA) is 29.5 Å². The molecule has 0 aromatic heterocycles. The number of carbonyl (C=O) groups is 1. The maximum Gasteiger partial charge on any atom is 0.411 e. The molecule has 2 fully saturated rings. The van der Waals surface area contributed by atoms with Gasteiger partial charge in [-0.25, -0.2) is 4.79 Å². The average Bonchev–Trinajstić information content (AvgIpc) is 2.40. The SMILES string of the molecule is CC(I)(OC(=O)N1CCCCC1)C1CCCCC1. The van der Waals surface area contributed by atoms with Crippen molar-refractivity contribution in [2.75, 3.05) is 13.1 Å². The second kappa shape index (κ2) is 6.44. The lowest BCUT2D eigenvalue weighted by molar-refractivity contribution is 0.0205. The maximum absolute atomic E-state index is 12.2. The number of halogens is 1. The summed E-state index contributed by atoms with van der Waals surface area (Å²) in [6, 6.07) is 0. The fourth-order valence-electron chi connectivity index (χ4n) is 3.01. The minimum absolute atomic E-state index is 0.0998. The van der Waals surface area contributed by atoms with Crippen LogP contribution in [0.2, 0.25) is 0 Å². The third-order valence-corrected chi connectivity index (χ3v) is 5.34. The highest BCUT2D eigenvalue weighted by Gasteiger charge is 2.37. The summed E-state index contributed by atoms with van der Waals surface area (Å²) in [6.45, 7) is 3.82. The van der Waals surface area contributed by atoms with Gasteiger partial charge in [-0.2, -0.15) is 0 Å². The van der Waals surface area contributed by atoms with Crippen molar-refractivity contribution >= 4 is 28.7 Å². The normalized spacial score (nSPS) is 25.6. The molecule has 1 aliphatic carbocycles. The Kier molecular flexibility index (Phi) is 5.15. The molecule has 1 aliphatic heterocycles. The lowest BCUT2D eigenvalue weighted by Crippen LogP contribution is -2.42. The molecule has 2 aliphatic rings. The summed E-state index contributed by atoms with van der Waals surface area (Å²) >= 11 is 2.34. The van der Waals surface area contributed by atoms with Crippen LogP contribution in [-0.4, -0.2) is 27.7 Å². The molecule has 1 saturated carbocycles. The van der Waals surface area contributed by atoms with E-state index in [1.54, 1.807) is 0 Å². The first-order chi connectivity index (χ1) is 8.59. The van der Waals surface area contributed by atoms with E-state index in [1.807, 2.05) is 4.90 Å². The summed E-state index contributed by atoms with van der Waals surface area (Å²) in [7, 11) is 0. The van der Waals surface area contributed by atoms with Crippen LogP contribution in [0.5, 0.6) is 0 Å². The van der Waals surface area contributed by atoms with Crippen LogP contribution in [0.15, 0.2) is 0 Å². The molecule has 2 rings (SSSR count). The summed E-state index contributed by atoms with van der Waals surface area (Å²) in [5.41, 5.74) is 0. The summed E-state index contributed by atoms with van der Waals surface area (Å²) in [4.78, 5) is 14.0. The quantitative estimate of drug-likeness (QED) is 0.538. The molecular weight excluding hydrogens is 341 g/mol. The Morgan fingerprint density at radius 1 is 1.11 bits per heavy atom. The third kappa shape index (κ3) is 3.75. The zero-order valence-corrected chi connectivity index (χ0v) is 13.4. The van der Waals surface area contributed by atoms with Crippen molar-refractivity contribution in [3.05, 3.63) is 0 Å². The van der Waals surface area contributed by atoms with Gasteiger partial charge in [0.05, 0.1) is 0 Å².